The molecule has 1 aromatic carbocycles. The monoisotopic (exact) mass is 236 g/mol. The number of carbonyl (C=O) groups excluding carboxylic acids is 1. The minimum Gasteiger partial charge on any atom is -0.383 e. The zero-order valence-electron chi connectivity index (χ0n) is 10.5. The van der Waals surface area contributed by atoms with Gasteiger partial charge in [0.05, 0.1) is 13.2 Å². The summed E-state index contributed by atoms with van der Waals surface area (Å²) in [7, 11) is 1.62. The van der Waals surface area contributed by atoms with Gasteiger partial charge in [-0.1, -0.05) is 29.8 Å². The van der Waals surface area contributed by atoms with E-state index in [-0.39, 0.29) is 12.5 Å². The van der Waals surface area contributed by atoms with Gasteiger partial charge in [-0.3, -0.25) is 4.79 Å². The number of aryl methyl sites for hydroxylation is 1. The summed E-state index contributed by atoms with van der Waals surface area (Å²) in [5, 5.41) is 0. The van der Waals surface area contributed by atoms with E-state index in [9.17, 15) is 4.79 Å². The predicted molar refractivity (Wildman–Crippen MR) is 67.5 cm³/mol. The normalized spacial score (nSPS) is 10.3. The first-order valence-electron chi connectivity index (χ1n) is 5.69. The van der Waals surface area contributed by atoms with Crippen molar-refractivity contribution < 1.29 is 9.53 Å². The molecule has 4 nitrogen and oxygen atoms in total. The van der Waals surface area contributed by atoms with Gasteiger partial charge in [0.2, 0.25) is 5.91 Å². The number of rotatable bonds is 6. The molecular weight excluding hydrogens is 216 g/mol. The minimum atomic E-state index is -0.0523. The summed E-state index contributed by atoms with van der Waals surface area (Å²) in [5.74, 6) is -0.0523. The van der Waals surface area contributed by atoms with Crippen LogP contribution >= 0.6 is 0 Å². The number of hydrogen-bond donors (Lipinski definition) is 1. The fourth-order valence-corrected chi connectivity index (χ4v) is 1.65. The molecule has 1 amide bonds. The van der Waals surface area contributed by atoms with E-state index in [1.165, 1.54) is 5.56 Å². The number of benzene rings is 1. The molecule has 0 aromatic heterocycles. The van der Waals surface area contributed by atoms with Crippen LogP contribution in [0.2, 0.25) is 0 Å². The Labute approximate surface area is 102 Å². The average molecular weight is 236 g/mol. The molecule has 0 aliphatic carbocycles. The molecule has 1 rings (SSSR count). The van der Waals surface area contributed by atoms with Crippen LogP contribution < -0.4 is 5.73 Å². The number of hydrogen-bond acceptors (Lipinski definition) is 3. The van der Waals surface area contributed by atoms with Crippen LogP contribution in [0.1, 0.15) is 11.1 Å². The SMILES string of the molecule is COCCN(Cc1cccc(C)c1)C(=O)CN. The van der Waals surface area contributed by atoms with Crippen molar-refractivity contribution in [3.05, 3.63) is 35.4 Å². The van der Waals surface area contributed by atoms with Crippen molar-refractivity contribution in [2.75, 3.05) is 26.8 Å². The Kier molecular flexibility index (Phi) is 5.66. The smallest absolute Gasteiger partial charge is 0.236 e. The van der Waals surface area contributed by atoms with Crippen molar-refractivity contribution in [1.82, 2.24) is 4.90 Å². The molecule has 0 spiro atoms. The van der Waals surface area contributed by atoms with Gasteiger partial charge in [-0.25, -0.2) is 0 Å². The van der Waals surface area contributed by atoms with Gasteiger partial charge in [-0.05, 0) is 12.5 Å². The van der Waals surface area contributed by atoms with Crippen LogP contribution in [-0.4, -0.2) is 37.6 Å². The summed E-state index contributed by atoms with van der Waals surface area (Å²) in [6.07, 6.45) is 0. The maximum atomic E-state index is 11.7. The van der Waals surface area contributed by atoms with Crippen LogP contribution in [0.15, 0.2) is 24.3 Å². The third kappa shape index (κ3) is 4.54. The molecule has 0 aliphatic rings. The number of carbonyl (C=O) groups is 1. The van der Waals surface area contributed by atoms with Crippen molar-refractivity contribution >= 4 is 5.91 Å². The third-order valence-corrected chi connectivity index (χ3v) is 2.55. The number of amides is 1. The first-order valence-corrected chi connectivity index (χ1v) is 5.69. The van der Waals surface area contributed by atoms with E-state index < -0.39 is 0 Å². The second-order valence-corrected chi connectivity index (χ2v) is 4.00. The van der Waals surface area contributed by atoms with Crippen LogP contribution in [0.3, 0.4) is 0 Å². The van der Waals surface area contributed by atoms with Gasteiger partial charge in [0.15, 0.2) is 0 Å². The number of nitrogens with two attached hydrogens (primary N) is 1. The molecule has 0 fully saturated rings. The lowest BCUT2D eigenvalue weighted by molar-refractivity contribution is -0.130. The van der Waals surface area contributed by atoms with Gasteiger partial charge >= 0.3 is 0 Å². The molecule has 2 N–H and O–H groups in total. The van der Waals surface area contributed by atoms with Gasteiger partial charge in [0.1, 0.15) is 0 Å². The molecule has 0 heterocycles. The molecule has 0 unspecified atom stereocenters. The Morgan fingerprint density at radius 2 is 2.24 bits per heavy atom. The maximum Gasteiger partial charge on any atom is 0.236 e. The number of nitrogens with zero attached hydrogens (tertiary/aromatic N) is 1. The summed E-state index contributed by atoms with van der Waals surface area (Å²) in [6.45, 7) is 3.75. The zero-order chi connectivity index (χ0) is 12.7. The topological polar surface area (TPSA) is 55.6 Å². The van der Waals surface area contributed by atoms with Gasteiger partial charge in [0.25, 0.3) is 0 Å². The van der Waals surface area contributed by atoms with Gasteiger partial charge in [-0.15, -0.1) is 0 Å². The third-order valence-electron chi connectivity index (χ3n) is 2.55. The van der Waals surface area contributed by atoms with Crippen molar-refractivity contribution in [3.63, 3.8) is 0 Å². The molecule has 1 aromatic rings. The van der Waals surface area contributed by atoms with E-state index in [1.807, 2.05) is 25.1 Å². The van der Waals surface area contributed by atoms with E-state index in [0.29, 0.717) is 19.7 Å². The summed E-state index contributed by atoms with van der Waals surface area (Å²) in [5.41, 5.74) is 7.70. The first-order chi connectivity index (χ1) is 8.17. The fourth-order valence-electron chi connectivity index (χ4n) is 1.65. The van der Waals surface area contributed by atoms with Crippen LogP contribution in [-0.2, 0) is 16.1 Å². The first kappa shape index (κ1) is 13.7. The molecule has 0 radical (unpaired) electrons. The molecule has 94 valence electrons. The highest BCUT2D eigenvalue weighted by Crippen LogP contribution is 2.07. The second-order valence-electron chi connectivity index (χ2n) is 4.00. The average Bonchev–Trinajstić information content (AvgIpc) is 2.33. The highest BCUT2D eigenvalue weighted by Gasteiger charge is 2.11. The van der Waals surface area contributed by atoms with E-state index >= 15 is 0 Å². The van der Waals surface area contributed by atoms with E-state index in [2.05, 4.69) is 6.07 Å². The lowest BCUT2D eigenvalue weighted by Gasteiger charge is -2.22. The molecule has 0 aliphatic heterocycles. The Balaban J connectivity index is 2.68. The Bertz CT molecular complexity index is 366. The quantitative estimate of drug-likeness (QED) is 0.799. The largest absolute Gasteiger partial charge is 0.383 e. The lowest BCUT2D eigenvalue weighted by atomic mass is 10.1. The molecule has 4 heteroatoms. The van der Waals surface area contributed by atoms with Crippen LogP contribution in [0.4, 0.5) is 0 Å². The Hall–Kier alpha value is -1.39. The van der Waals surface area contributed by atoms with Crippen LogP contribution in [0, 0.1) is 6.92 Å². The van der Waals surface area contributed by atoms with Gasteiger partial charge < -0.3 is 15.4 Å². The molecule has 0 saturated heterocycles. The molecular formula is C13H20N2O2. The lowest BCUT2D eigenvalue weighted by Crippen LogP contribution is -2.37. The summed E-state index contributed by atoms with van der Waals surface area (Å²) < 4.78 is 4.99. The number of methoxy groups -OCH3 is 1. The standard InChI is InChI=1S/C13H20N2O2/c1-11-4-3-5-12(8-11)10-15(6-7-17-2)13(16)9-14/h3-5,8H,6-7,9-10,14H2,1-2H3. The maximum absolute atomic E-state index is 11.7. The summed E-state index contributed by atoms with van der Waals surface area (Å²) >= 11 is 0. The fraction of sp³-hybridized carbons (Fsp3) is 0.462. The molecule has 0 atom stereocenters. The van der Waals surface area contributed by atoms with Crippen molar-refractivity contribution in [2.45, 2.75) is 13.5 Å². The van der Waals surface area contributed by atoms with E-state index in [1.54, 1.807) is 12.0 Å². The Morgan fingerprint density at radius 3 is 2.82 bits per heavy atom. The summed E-state index contributed by atoms with van der Waals surface area (Å²) in [4.78, 5) is 13.4. The molecule has 0 bridgehead atoms. The molecule has 0 saturated carbocycles. The predicted octanol–water partition coefficient (Wildman–Crippen LogP) is 0.929. The van der Waals surface area contributed by atoms with Crippen LogP contribution in [0.5, 0.6) is 0 Å². The highest BCUT2D eigenvalue weighted by molar-refractivity contribution is 5.78. The van der Waals surface area contributed by atoms with Crippen molar-refractivity contribution in [2.24, 2.45) is 5.73 Å². The summed E-state index contributed by atoms with van der Waals surface area (Å²) in [6, 6.07) is 8.11. The van der Waals surface area contributed by atoms with E-state index in [0.717, 1.165) is 5.56 Å². The number of ether oxygens (including phenoxy) is 1. The molecule has 17 heavy (non-hydrogen) atoms. The van der Waals surface area contributed by atoms with Gasteiger partial charge in [-0.2, -0.15) is 0 Å². The zero-order valence-corrected chi connectivity index (χ0v) is 10.5. The Morgan fingerprint density at radius 1 is 1.47 bits per heavy atom. The van der Waals surface area contributed by atoms with Crippen molar-refractivity contribution in [1.29, 1.82) is 0 Å². The second kappa shape index (κ2) is 7.04. The highest BCUT2D eigenvalue weighted by atomic mass is 16.5. The van der Waals surface area contributed by atoms with Crippen molar-refractivity contribution in [3.8, 4) is 0 Å². The van der Waals surface area contributed by atoms with Crippen LogP contribution in [0.25, 0.3) is 0 Å². The van der Waals surface area contributed by atoms with E-state index in [4.69, 9.17) is 10.5 Å². The van der Waals surface area contributed by atoms with Gasteiger partial charge in [0, 0.05) is 20.2 Å². The minimum absolute atomic E-state index is 0.0372.